The van der Waals surface area contributed by atoms with Crippen molar-refractivity contribution in [2.24, 2.45) is 11.8 Å². The molecule has 4 rings (SSSR count). The predicted molar refractivity (Wildman–Crippen MR) is 139 cm³/mol. The fraction of sp³-hybridized carbons (Fsp3) is 0.407. The van der Waals surface area contributed by atoms with Crippen LogP contribution in [0.2, 0.25) is 0 Å². The molecule has 3 amide bonds. The molecule has 0 bridgehead atoms. The normalized spacial score (nSPS) is 23.4. The zero-order valence-electron chi connectivity index (χ0n) is 20.1. The van der Waals surface area contributed by atoms with Crippen molar-refractivity contribution >= 4 is 58.3 Å². The summed E-state index contributed by atoms with van der Waals surface area (Å²) in [6.07, 6.45) is 2.24. The number of imide groups is 1. The van der Waals surface area contributed by atoms with Crippen molar-refractivity contribution in [2.75, 3.05) is 16.8 Å². The molecule has 2 aromatic rings. The molecule has 2 aromatic carbocycles. The van der Waals surface area contributed by atoms with Crippen LogP contribution < -0.4 is 10.2 Å². The number of carbonyl (C=O) groups is 4. The number of hydrogen-bond acceptors (Lipinski definition) is 5. The second-order valence-electron chi connectivity index (χ2n) is 9.06. The molecule has 0 radical (unpaired) electrons. The fourth-order valence-corrected chi connectivity index (χ4v) is 5.48. The quantitative estimate of drug-likeness (QED) is 0.317. The third-order valence-electron chi connectivity index (χ3n) is 6.87. The highest BCUT2D eigenvalue weighted by Gasteiger charge is 2.52. The van der Waals surface area contributed by atoms with Crippen LogP contribution in [0.5, 0.6) is 0 Å². The van der Waals surface area contributed by atoms with Gasteiger partial charge in [0.15, 0.2) is 6.61 Å². The molecule has 36 heavy (non-hydrogen) atoms. The fourth-order valence-electron chi connectivity index (χ4n) is 4.89. The molecule has 9 heteroatoms. The van der Waals surface area contributed by atoms with Gasteiger partial charge < -0.3 is 10.1 Å². The molecule has 0 aromatic heterocycles. The minimum atomic E-state index is -0.682. The lowest BCUT2D eigenvalue weighted by Crippen LogP contribution is -2.34. The summed E-state index contributed by atoms with van der Waals surface area (Å²) in [5.74, 6) is -2.68. The van der Waals surface area contributed by atoms with Crippen LogP contribution >= 0.6 is 23.2 Å². The van der Waals surface area contributed by atoms with E-state index in [2.05, 4.69) is 5.32 Å². The number of anilines is 2. The second kappa shape index (κ2) is 11.0. The number of esters is 1. The maximum Gasteiger partial charge on any atom is 0.338 e. The standard InChI is InChI=1S/C27H28Cl2N2O5/c1-3-15-6-5-7-16(4-2)24(15)30-23(32)14-36-27(35)17-8-10-18(11-9-17)31-25(33)19-12-21(28)22(29)13-20(19)26(31)34/h5-11,19-22H,3-4,12-14H2,1-2H3,(H,30,32)/t19-,20+,21-,22-/m0/s1. The lowest BCUT2D eigenvalue weighted by molar-refractivity contribution is -0.122. The number of ether oxygens (including phenoxy) is 1. The van der Waals surface area contributed by atoms with Gasteiger partial charge in [-0.2, -0.15) is 0 Å². The van der Waals surface area contributed by atoms with Crippen molar-refractivity contribution in [1.82, 2.24) is 0 Å². The minimum Gasteiger partial charge on any atom is -0.452 e. The zero-order chi connectivity index (χ0) is 26.0. The topological polar surface area (TPSA) is 92.8 Å². The number of aryl methyl sites for hydroxylation is 2. The molecular weight excluding hydrogens is 503 g/mol. The Hall–Kier alpha value is -2.90. The van der Waals surface area contributed by atoms with Crippen LogP contribution in [0.4, 0.5) is 11.4 Å². The van der Waals surface area contributed by atoms with Gasteiger partial charge in [-0.25, -0.2) is 4.79 Å². The van der Waals surface area contributed by atoms with Gasteiger partial charge in [0.05, 0.1) is 33.8 Å². The van der Waals surface area contributed by atoms with Gasteiger partial charge in [-0.1, -0.05) is 32.0 Å². The number of benzene rings is 2. The smallest absolute Gasteiger partial charge is 0.338 e. The van der Waals surface area contributed by atoms with E-state index in [4.69, 9.17) is 27.9 Å². The average Bonchev–Trinajstić information content (AvgIpc) is 3.11. The molecule has 1 N–H and O–H groups in total. The Labute approximate surface area is 220 Å². The number of carbonyl (C=O) groups excluding carboxylic acids is 4. The number of nitrogens with zero attached hydrogens (tertiary/aromatic N) is 1. The Bertz CT molecular complexity index is 1130. The van der Waals surface area contributed by atoms with Crippen molar-refractivity contribution < 1.29 is 23.9 Å². The maximum absolute atomic E-state index is 12.9. The van der Waals surface area contributed by atoms with Crippen LogP contribution in [0.1, 0.15) is 48.2 Å². The Kier molecular flexibility index (Phi) is 8.00. The highest BCUT2D eigenvalue weighted by atomic mass is 35.5. The van der Waals surface area contributed by atoms with Gasteiger partial charge in [-0.05, 0) is 61.1 Å². The first-order valence-corrected chi connectivity index (χ1v) is 13.0. The highest BCUT2D eigenvalue weighted by molar-refractivity contribution is 6.31. The molecule has 0 spiro atoms. The van der Waals surface area contributed by atoms with Gasteiger partial charge >= 0.3 is 5.97 Å². The lowest BCUT2D eigenvalue weighted by Gasteiger charge is -2.28. The van der Waals surface area contributed by atoms with Crippen LogP contribution in [0, 0.1) is 11.8 Å². The molecule has 1 aliphatic heterocycles. The molecule has 2 fully saturated rings. The maximum atomic E-state index is 12.9. The molecule has 7 nitrogen and oxygen atoms in total. The van der Waals surface area contributed by atoms with Gasteiger partial charge in [0, 0.05) is 5.69 Å². The van der Waals surface area contributed by atoms with E-state index < -0.39 is 30.3 Å². The summed E-state index contributed by atoms with van der Waals surface area (Å²) in [5.41, 5.74) is 3.36. The van der Waals surface area contributed by atoms with Crippen LogP contribution in [0.25, 0.3) is 0 Å². The summed E-state index contributed by atoms with van der Waals surface area (Å²) in [6, 6.07) is 11.8. The zero-order valence-corrected chi connectivity index (χ0v) is 21.6. The molecule has 1 saturated heterocycles. The van der Waals surface area contributed by atoms with E-state index in [1.807, 2.05) is 32.0 Å². The van der Waals surface area contributed by atoms with E-state index in [1.54, 1.807) is 0 Å². The number of fused-ring (bicyclic) bond motifs is 1. The van der Waals surface area contributed by atoms with E-state index in [-0.39, 0.29) is 28.1 Å². The third kappa shape index (κ3) is 5.13. The van der Waals surface area contributed by atoms with Crippen molar-refractivity contribution in [3.05, 3.63) is 59.2 Å². The summed E-state index contributed by atoms with van der Waals surface area (Å²) in [5, 5.41) is 2.14. The van der Waals surface area contributed by atoms with Crippen LogP contribution in [-0.4, -0.2) is 41.1 Å². The monoisotopic (exact) mass is 530 g/mol. The van der Waals surface area contributed by atoms with Crippen LogP contribution in [0.15, 0.2) is 42.5 Å². The van der Waals surface area contributed by atoms with Gasteiger partial charge in [-0.15, -0.1) is 23.2 Å². The summed E-state index contributed by atoms with van der Waals surface area (Å²) in [7, 11) is 0. The SMILES string of the molecule is CCc1cccc(CC)c1NC(=O)COC(=O)c1ccc(N2C(=O)[C@H]3C[C@H](Cl)[C@@H](Cl)C[C@H]3C2=O)cc1. The van der Waals surface area contributed by atoms with Gasteiger partial charge in [0.1, 0.15) is 0 Å². The summed E-state index contributed by atoms with van der Waals surface area (Å²) in [4.78, 5) is 51.9. The molecule has 1 aliphatic carbocycles. The minimum absolute atomic E-state index is 0.202. The van der Waals surface area contributed by atoms with E-state index in [0.717, 1.165) is 34.6 Å². The van der Waals surface area contributed by atoms with Gasteiger partial charge in [-0.3, -0.25) is 19.3 Å². The number of alkyl halides is 2. The van der Waals surface area contributed by atoms with Gasteiger partial charge in [0.2, 0.25) is 11.8 Å². The van der Waals surface area contributed by atoms with Crippen LogP contribution in [-0.2, 0) is 32.0 Å². The van der Waals surface area contributed by atoms with E-state index >= 15 is 0 Å². The van der Waals surface area contributed by atoms with E-state index in [9.17, 15) is 19.2 Å². The number of para-hydroxylation sites is 1. The van der Waals surface area contributed by atoms with Crippen molar-refractivity contribution in [3.8, 4) is 0 Å². The summed E-state index contributed by atoms with van der Waals surface area (Å²) >= 11 is 12.5. The van der Waals surface area contributed by atoms with Crippen molar-refractivity contribution in [2.45, 2.75) is 50.3 Å². The summed E-state index contributed by atoms with van der Waals surface area (Å²) in [6.45, 7) is 3.58. The van der Waals surface area contributed by atoms with Crippen molar-refractivity contribution in [3.63, 3.8) is 0 Å². The van der Waals surface area contributed by atoms with E-state index in [0.29, 0.717) is 18.5 Å². The van der Waals surface area contributed by atoms with Crippen molar-refractivity contribution in [1.29, 1.82) is 0 Å². The number of amides is 3. The third-order valence-corrected chi connectivity index (χ3v) is 7.96. The molecule has 4 atom stereocenters. The number of nitrogens with one attached hydrogen (secondary N) is 1. The molecule has 0 unspecified atom stereocenters. The first kappa shape index (κ1) is 26.2. The lowest BCUT2D eigenvalue weighted by atomic mass is 9.80. The molecular formula is C27H28Cl2N2O5. The van der Waals surface area contributed by atoms with Gasteiger partial charge in [0.25, 0.3) is 5.91 Å². The number of halogens is 2. The number of hydrogen-bond donors (Lipinski definition) is 1. The first-order chi connectivity index (χ1) is 17.2. The highest BCUT2D eigenvalue weighted by Crippen LogP contribution is 2.43. The molecule has 190 valence electrons. The first-order valence-electron chi connectivity index (χ1n) is 12.1. The Morgan fingerprint density at radius 3 is 1.94 bits per heavy atom. The Morgan fingerprint density at radius 1 is 0.917 bits per heavy atom. The predicted octanol–water partition coefficient (Wildman–Crippen LogP) is 4.72. The molecule has 1 heterocycles. The largest absolute Gasteiger partial charge is 0.452 e. The molecule has 2 aliphatic rings. The van der Waals surface area contributed by atoms with E-state index in [1.165, 1.54) is 24.3 Å². The summed E-state index contributed by atoms with van der Waals surface area (Å²) < 4.78 is 5.19. The average molecular weight is 531 g/mol. The van der Waals surface area contributed by atoms with Crippen LogP contribution in [0.3, 0.4) is 0 Å². The second-order valence-corrected chi connectivity index (χ2v) is 10.2. The Morgan fingerprint density at radius 2 is 1.44 bits per heavy atom. The Balaban J connectivity index is 1.38. The number of rotatable bonds is 7. The molecule has 1 saturated carbocycles.